The number of nitrogens with zero attached hydrogens (tertiary/aromatic N) is 1. The lowest BCUT2D eigenvalue weighted by Gasteiger charge is -2.17. The number of carbonyl (C=O) groups excluding carboxylic acids is 1. The van der Waals surface area contributed by atoms with Crippen LogP contribution in [0.25, 0.3) is 11.1 Å². The molecule has 0 atom stereocenters. The van der Waals surface area contributed by atoms with Gasteiger partial charge in [0, 0.05) is 10.8 Å². The average molecular weight is 405 g/mol. The van der Waals surface area contributed by atoms with Crippen molar-refractivity contribution in [2.45, 2.75) is 32.4 Å². The van der Waals surface area contributed by atoms with Crippen molar-refractivity contribution < 1.29 is 22.7 Å². The molecule has 0 unspecified atom stereocenters. The van der Waals surface area contributed by atoms with Crippen molar-refractivity contribution in [2.75, 3.05) is 0 Å². The largest absolute Gasteiger partial charge is 0.423 e. The molecule has 7 heteroatoms. The maximum Gasteiger partial charge on any atom is 0.416 e. The van der Waals surface area contributed by atoms with Gasteiger partial charge in [-0.3, -0.25) is 0 Å². The minimum atomic E-state index is -4.56. The van der Waals surface area contributed by atoms with E-state index in [1.165, 1.54) is 6.07 Å². The van der Waals surface area contributed by atoms with Crippen molar-refractivity contribution in [1.82, 2.24) is 4.37 Å². The number of ether oxygens (including phenoxy) is 1. The molecule has 0 spiro atoms. The lowest BCUT2D eigenvalue weighted by atomic mass is 9.89. The Morgan fingerprint density at radius 2 is 1.68 bits per heavy atom. The van der Waals surface area contributed by atoms with Crippen molar-refractivity contribution in [1.29, 1.82) is 0 Å². The van der Waals surface area contributed by atoms with Crippen LogP contribution in [0.1, 0.15) is 42.4 Å². The van der Waals surface area contributed by atoms with Crippen LogP contribution < -0.4 is 4.74 Å². The molecule has 1 heterocycles. The van der Waals surface area contributed by atoms with E-state index in [1.54, 1.807) is 35.7 Å². The third-order valence-electron chi connectivity index (χ3n) is 4.05. The zero-order valence-electron chi connectivity index (χ0n) is 15.5. The summed E-state index contributed by atoms with van der Waals surface area (Å²) in [7, 11) is 0. The van der Waals surface area contributed by atoms with Gasteiger partial charge in [-0.2, -0.15) is 17.5 Å². The Morgan fingerprint density at radius 1 is 1.00 bits per heavy atom. The molecule has 146 valence electrons. The van der Waals surface area contributed by atoms with Crippen LogP contribution >= 0.6 is 11.5 Å². The van der Waals surface area contributed by atoms with Gasteiger partial charge in [-0.1, -0.05) is 51.1 Å². The molecule has 0 bridgehead atoms. The van der Waals surface area contributed by atoms with Crippen molar-refractivity contribution in [3.63, 3.8) is 0 Å². The molecule has 1 aromatic heterocycles. The zero-order chi connectivity index (χ0) is 20.5. The van der Waals surface area contributed by atoms with Crippen molar-refractivity contribution >= 4 is 17.5 Å². The highest BCUT2D eigenvalue weighted by Gasteiger charge is 2.32. The van der Waals surface area contributed by atoms with E-state index in [4.69, 9.17) is 4.74 Å². The Labute approximate surface area is 165 Å². The number of hydrogen-bond donors (Lipinski definition) is 0. The fourth-order valence-corrected chi connectivity index (χ4v) is 3.55. The molecule has 3 aromatic rings. The number of carbonyl (C=O) groups is 1. The first-order valence-electron chi connectivity index (χ1n) is 8.50. The van der Waals surface area contributed by atoms with E-state index in [1.807, 2.05) is 20.8 Å². The summed E-state index contributed by atoms with van der Waals surface area (Å²) in [5, 5.41) is 1.55. The van der Waals surface area contributed by atoms with E-state index in [0.717, 1.165) is 23.7 Å². The maximum absolute atomic E-state index is 13.3. The Balaban J connectivity index is 2.00. The number of rotatable bonds is 3. The molecule has 3 rings (SSSR count). The predicted octanol–water partition coefficient (Wildman–Crippen LogP) is 6.35. The Kier molecular flexibility index (Phi) is 5.30. The fourth-order valence-electron chi connectivity index (χ4n) is 2.70. The standard InChI is InChI=1S/C21H18F3NO2S/c1-20(2,3)18-17(12-28-25-18)19(26)27-16-10-14(13-7-5-4-6-8-13)9-15(11-16)21(22,23)24/h4-12H,1-3H3. The number of alkyl halides is 3. The summed E-state index contributed by atoms with van der Waals surface area (Å²) < 4.78 is 49.6. The van der Waals surface area contributed by atoms with Crippen LogP contribution in [0.2, 0.25) is 0 Å². The van der Waals surface area contributed by atoms with Crippen LogP contribution in [-0.4, -0.2) is 10.3 Å². The van der Waals surface area contributed by atoms with Crippen LogP contribution in [0.15, 0.2) is 53.9 Å². The monoisotopic (exact) mass is 405 g/mol. The summed E-state index contributed by atoms with van der Waals surface area (Å²) in [4.78, 5) is 12.6. The van der Waals surface area contributed by atoms with Crippen molar-refractivity contribution in [3.05, 3.63) is 70.7 Å². The van der Waals surface area contributed by atoms with Gasteiger partial charge in [0.25, 0.3) is 0 Å². The van der Waals surface area contributed by atoms with Gasteiger partial charge in [0.15, 0.2) is 0 Å². The minimum Gasteiger partial charge on any atom is -0.423 e. The second kappa shape index (κ2) is 7.39. The number of esters is 1. The topological polar surface area (TPSA) is 39.2 Å². The zero-order valence-corrected chi connectivity index (χ0v) is 16.3. The lowest BCUT2D eigenvalue weighted by molar-refractivity contribution is -0.137. The highest BCUT2D eigenvalue weighted by molar-refractivity contribution is 7.04. The van der Waals surface area contributed by atoms with E-state index >= 15 is 0 Å². The number of benzene rings is 2. The first kappa shape index (κ1) is 20.1. The molecular weight excluding hydrogens is 387 g/mol. The molecular formula is C21H18F3NO2S. The molecule has 0 saturated carbocycles. The van der Waals surface area contributed by atoms with E-state index in [0.29, 0.717) is 16.8 Å². The molecule has 3 nitrogen and oxygen atoms in total. The van der Waals surface area contributed by atoms with Gasteiger partial charge in [0.05, 0.1) is 16.8 Å². The first-order valence-corrected chi connectivity index (χ1v) is 9.34. The highest BCUT2D eigenvalue weighted by Crippen LogP contribution is 2.36. The van der Waals surface area contributed by atoms with Crippen LogP contribution in [0, 0.1) is 0 Å². The molecule has 0 fully saturated rings. The predicted molar refractivity (Wildman–Crippen MR) is 103 cm³/mol. The van der Waals surface area contributed by atoms with Crippen LogP contribution in [0.4, 0.5) is 13.2 Å². The van der Waals surface area contributed by atoms with Gasteiger partial charge in [-0.25, -0.2) is 4.79 Å². The summed E-state index contributed by atoms with van der Waals surface area (Å²) in [6.45, 7) is 5.70. The molecule has 2 aromatic carbocycles. The van der Waals surface area contributed by atoms with Gasteiger partial charge in [-0.05, 0) is 40.9 Å². The smallest absolute Gasteiger partial charge is 0.416 e. The van der Waals surface area contributed by atoms with E-state index in [9.17, 15) is 18.0 Å². The number of hydrogen-bond acceptors (Lipinski definition) is 4. The van der Waals surface area contributed by atoms with E-state index in [2.05, 4.69) is 4.37 Å². The van der Waals surface area contributed by atoms with Gasteiger partial charge < -0.3 is 4.74 Å². The van der Waals surface area contributed by atoms with Gasteiger partial charge in [-0.15, -0.1) is 0 Å². The van der Waals surface area contributed by atoms with E-state index < -0.39 is 23.1 Å². The SMILES string of the molecule is CC(C)(C)c1nscc1C(=O)Oc1cc(-c2ccccc2)cc(C(F)(F)F)c1. The summed E-state index contributed by atoms with van der Waals surface area (Å²) in [5.74, 6) is -0.887. The molecule has 0 radical (unpaired) electrons. The summed E-state index contributed by atoms with van der Waals surface area (Å²) in [5.41, 5.74) is 0.457. The third kappa shape index (κ3) is 4.42. The number of halogens is 3. The lowest BCUT2D eigenvalue weighted by Crippen LogP contribution is -2.19. The highest BCUT2D eigenvalue weighted by atomic mass is 32.1. The van der Waals surface area contributed by atoms with E-state index in [-0.39, 0.29) is 11.3 Å². The first-order chi connectivity index (χ1) is 13.1. The van der Waals surface area contributed by atoms with Crippen molar-refractivity contribution in [2.24, 2.45) is 0 Å². The van der Waals surface area contributed by atoms with Crippen molar-refractivity contribution in [3.8, 4) is 16.9 Å². The third-order valence-corrected chi connectivity index (χ3v) is 4.68. The summed E-state index contributed by atoms with van der Waals surface area (Å²) in [6, 6.07) is 11.9. The quantitative estimate of drug-likeness (QED) is 0.377. The molecule has 0 aliphatic rings. The maximum atomic E-state index is 13.3. The second-order valence-corrected chi connectivity index (χ2v) is 7.96. The van der Waals surface area contributed by atoms with Gasteiger partial charge >= 0.3 is 12.1 Å². The van der Waals surface area contributed by atoms with Gasteiger partial charge in [0.1, 0.15) is 5.75 Å². The van der Waals surface area contributed by atoms with Crippen LogP contribution in [-0.2, 0) is 11.6 Å². The minimum absolute atomic E-state index is 0.162. The van der Waals surface area contributed by atoms with Crippen LogP contribution in [0.5, 0.6) is 5.75 Å². The van der Waals surface area contributed by atoms with Gasteiger partial charge in [0.2, 0.25) is 0 Å². The molecule has 28 heavy (non-hydrogen) atoms. The van der Waals surface area contributed by atoms with Crippen LogP contribution in [0.3, 0.4) is 0 Å². The number of aromatic nitrogens is 1. The summed E-state index contributed by atoms with van der Waals surface area (Å²) >= 11 is 1.11. The average Bonchev–Trinajstić information content (AvgIpc) is 3.12. The molecule has 0 saturated heterocycles. The Morgan fingerprint density at radius 3 is 2.29 bits per heavy atom. The molecule has 0 amide bonds. The molecule has 0 N–H and O–H groups in total. The normalized spacial score (nSPS) is 12.1. The summed E-state index contributed by atoms with van der Waals surface area (Å²) in [6.07, 6.45) is -4.56. The Bertz CT molecular complexity index is 989. The molecule has 0 aliphatic carbocycles. The fraction of sp³-hybridized carbons (Fsp3) is 0.238. The second-order valence-electron chi connectivity index (χ2n) is 7.33. The Hall–Kier alpha value is -2.67. The molecule has 0 aliphatic heterocycles.